The number of carbonyl (C=O) groups excluding carboxylic acids is 1. The van der Waals surface area contributed by atoms with E-state index in [1.165, 1.54) is 48.1 Å². The van der Waals surface area contributed by atoms with Crippen LogP contribution in [-0.2, 0) is 16.0 Å². The van der Waals surface area contributed by atoms with Crippen LogP contribution in [0.5, 0.6) is 0 Å². The lowest BCUT2D eigenvalue weighted by atomic mass is 9.99. The van der Waals surface area contributed by atoms with Crippen LogP contribution >= 0.6 is 11.8 Å². The Balaban J connectivity index is 0.000000481. The van der Waals surface area contributed by atoms with Crippen LogP contribution in [-0.4, -0.2) is 51.7 Å². The molecule has 2 rings (SSSR count). The lowest BCUT2D eigenvalue weighted by Crippen LogP contribution is -2.32. The molecule has 0 saturated carbocycles. The highest BCUT2D eigenvalue weighted by Crippen LogP contribution is 2.26. The van der Waals surface area contributed by atoms with Crippen molar-refractivity contribution in [2.24, 2.45) is 0 Å². The third kappa shape index (κ3) is 13.2. The van der Waals surface area contributed by atoms with Gasteiger partial charge in [0.15, 0.2) is 5.78 Å². The van der Waals surface area contributed by atoms with Gasteiger partial charge in [-0.15, -0.1) is 11.8 Å². The van der Waals surface area contributed by atoms with Crippen molar-refractivity contribution in [3.8, 4) is 0 Å². The molecule has 1 aromatic carbocycles. The number of nitrogens with one attached hydrogen (secondary N) is 2. The quantitative estimate of drug-likeness (QED) is 0.461. The van der Waals surface area contributed by atoms with Crippen LogP contribution in [0.4, 0.5) is 5.69 Å². The van der Waals surface area contributed by atoms with E-state index >= 15 is 0 Å². The summed E-state index contributed by atoms with van der Waals surface area (Å²) in [5.74, 6) is -1.17. The van der Waals surface area contributed by atoms with Gasteiger partial charge in [-0.05, 0) is 64.4 Å². The van der Waals surface area contributed by atoms with Crippen molar-refractivity contribution in [3.05, 3.63) is 41.1 Å². The minimum Gasteiger partial charge on any atom is -0.481 e. The number of benzene rings is 1. The molecule has 0 bridgehead atoms. The van der Waals surface area contributed by atoms with E-state index in [1.54, 1.807) is 6.92 Å². The van der Waals surface area contributed by atoms with Crippen molar-refractivity contribution in [1.29, 1.82) is 0 Å². The molecule has 1 heterocycles. The van der Waals surface area contributed by atoms with Crippen LogP contribution < -0.4 is 10.6 Å². The third-order valence-corrected chi connectivity index (χ3v) is 5.73. The SMILES string of the molecule is CC(CC(=O)C(C)(C)O)SCC(=O)O.CC1=C(C)Nc2ccccc2C1.CCNCC. The number of thioether (sulfide) groups is 1. The van der Waals surface area contributed by atoms with Gasteiger partial charge in [0.1, 0.15) is 5.60 Å². The zero-order valence-electron chi connectivity index (χ0n) is 20.0. The summed E-state index contributed by atoms with van der Waals surface area (Å²) in [4.78, 5) is 21.5. The first-order chi connectivity index (χ1) is 14.4. The molecule has 4 N–H and O–H groups in total. The fraction of sp³-hybridized carbons (Fsp3) is 0.583. The van der Waals surface area contributed by atoms with Gasteiger partial charge in [0.25, 0.3) is 0 Å². The second-order valence-corrected chi connectivity index (χ2v) is 9.45. The number of rotatable bonds is 8. The monoisotopic (exact) mass is 452 g/mol. The summed E-state index contributed by atoms with van der Waals surface area (Å²) < 4.78 is 0. The summed E-state index contributed by atoms with van der Waals surface area (Å²) in [5, 5.41) is 24.2. The Morgan fingerprint density at radius 1 is 1.19 bits per heavy atom. The van der Waals surface area contributed by atoms with Crippen LogP contribution in [0.25, 0.3) is 0 Å². The predicted molar refractivity (Wildman–Crippen MR) is 132 cm³/mol. The average molecular weight is 453 g/mol. The molecule has 0 radical (unpaired) electrons. The van der Waals surface area contributed by atoms with Gasteiger partial charge in [0, 0.05) is 23.1 Å². The van der Waals surface area contributed by atoms with Crippen LogP contribution in [0, 0.1) is 0 Å². The van der Waals surface area contributed by atoms with Crippen molar-refractivity contribution in [2.75, 3.05) is 24.2 Å². The van der Waals surface area contributed by atoms with Crippen LogP contribution in [0.2, 0.25) is 0 Å². The zero-order chi connectivity index (χ0) is 24.0. The lowest BCUT2D eigenvalue weighted by molar-refractivity contribution is -0.134. The van der Waals surface area contributed by atoms with E-state index < -0.39 is 11.6 Å². The second-order valence-electron chi connectivity index (χ2n) is 8.02. The molecule has 1 aromatic rings. The highest BCUT2D eigenvalue weighted by Gasteiger charge is 2.25. The van der Waals surface area contributed by atoms with Crippen molar-refractivity contribution in [3.63, 3.8) is 0 Å². The molecule has 0 aliphatic carbocycles. The van der Waals surface area contributed by atoms with E-state index in [9.17, 15) is 14.7 Å². The third-order valence-electron chi connectivity index (χ3n) is 4.58. The topological polar surface area (TPSA) is 98.7 Å². The summed E-state index contributed by atoms with van der Waals surface area (Å²) in [7, 11) is 0. The molecule has 0 fully saturated rings. The first-order valence-corrected chi connectivity index (χ1v) is 11.8. The second kappa shape index (κ2) is 15.1. The number of carbonyl (C=O) groups is 2. The molecule has 6 nitrogen and oxygen atoms in total. The first-order valence-electron chi connectivity index (χ1n) is 10.7. The molecule has 1 aliphatic heterocycles. The molecule has 1 atom stereocenters. The Bertz CT molecular complexity index is 692. The van der Waals surface area contributed by atoms with Gasteiger partial charge in [-0.2, -0.15) is 0 Å². The van der Waals surface area contributed by atoms with E-state index in [2.05, 4.69) is 62.6 Å². The van der Waals surface area contributed by atoms with Gasteiger partial charge >= 0.3 is 5.97 Å². The number of fused-ring (bicyclic) bond motifs is 1. The van der Waals surface area contributed by atoms with Gasteiger partial charge in [0.05, 0.1) is 5.75 Å². The molecule has 176 valence electrons. The molecular formula is C24H40N2O4S. The number of allylic oxidation sites excluding steroid dienone is 2. The van der Waals surface area contributed by atoms with E-state index in [-0.39, 0.29) is 23.2 Å². The van der Waals surface area contributed by atoms with Gasteiger partial charge in [-0.3, -0.25) is 9.59 Å². The summed E-state index contributed by atoms with van der Waals surface area (Å²) in [5.41, 5.74) is 4.08. The first kappa shape index (κ1) is 29.2. The molecule has 0 aromatic heterocycles. The number of carboxylic acid groups (broad SMARTS) is 1. The maximum absolute atomic E-state index is 11.3. The molecule has 1 unspecified atom stereocenters. The minimum absolute atomic E-state index is 0.0136. The molecule has 0 amide bonds. The van der Waals surface area contributed by atoms with Gasteiger partial charge < -0.3 is 20.8 Å². The van der Waals surface area contributed by atoms with Crippen molar-refractivity contribution < 1.29 is 19.8 Å². The Labute approximate surface area is 191 Å². The number of aliphatic carboxylic acids is 1. The standard InChI is InChI=1S/C11H13N.C9H16O4S.C4H11N/c1-8-7-10-5-3-4-6-11(10)12-9(8)2;1-6(14-5-8(11)12)4-7(10)9(2,3)13;1-3-5-4-2/h3-6,12H,7H2,1-2H3;6,13H,4-5H2,1-3H3,(H,11,12);5H,3-4H2,1-2H3. The fourth-order valence-electron chi connectivity index (χ4n) is 2.56. The number of Topliss-reactive ketones (excluding diaryl/α,β-unsaturated/α-hetero) is 1. The van der Waals surface area contributed by atoms with Crippen molar-refractivity contribution in [1.82, 2.24) is 5.32 Å². The molecule has 31 heavy (non-hydrogen) atoms. The van der Waals surface area contributed by atoms with E-state index in [0.717, 1.165) is 19.5 Å². The minimum atomic E-state index is -1.32. The van der Waals surface area contributed by atoms with Crippen LogP contribution in [0.1, 0.15) is 60.5 Å². The number of para-hydroxylation sites is 1. The highest BCUT2D eigenvalue weighted by molar-refractivity contribution is 8.00. The Kier molecular flexibility index (Phi) is 14.2. The number of ketones is 1. The smallest absolute Gasteiger partial charge is 0.313 e. The molecule has 0 saturated heterocycles. The molecular weight excluding hydrogens is 412 g/mol. The zero-order valence-corrected chi connectivity index (χ0v) is 20.9. The summed E-state index contributed by atoms with van der Waals surface area (Å²) in [6, 6.07) is 8.47. The molecule has 0 spiro atoms. The Morgan fingerprint density at radius 3 is 2.26 bits per heavy atom. The van der Waals surface area contributed by atoms with E-state index in [4.69, 9.17) is 5.11 Å². The van der Waals surface area contributed by atoms with Crippen molar-refractivity contribution >= 4 is 29.2 Å². The molecule has 7 heteroatoms. The maximum Gasteiger partial charge on any atom is 0.313 e. The Hall–Kier alpha value is -1.83. The van der Waals surface area contributed by atoms with E-state index in [0.29, 0.717) is 0 Å². The normalized spacial score (nSPS) is 13.5. The Morgan fingerprint density at radius 2 is 1.77 bits per heavy atom. The highest BCUT2D eigenvalue weighted by atomic mass is 32.2. The van der Waals surface area contributed by atoms with Crippen molar-refractivity contribution in [2.45, 2.75) is 72.2 Å². The van der Waals surface area contributed by atoms with Crippen LogP contribution in [0.15, 0.2) is 35.5 Å². The average Bonchev–Trinajstić information content (AvgIpc) is 2.68. The lowest BCUT2D eigenvalue weighted by Gasteiger charge is -2.20. The van der Waals surface area contributed by atoms with Gasteiger partial charge in [0.2, 0.25) is 0 Å². The van der Waals surface area contributed by atoms with E-state index in [1.807, 2.05) is 0 Å². The fourth-order valence-corrected chi connectivity index (χ4v) is 3.25. The van der Waals surface area contributed by atoms with Gasteiger partial charge in [-0.1, -0.05) is 39.0 Å². The number of aliphatic hydroxyl groups is 1. The largest absolute Gasteiger partial charge is 0.481 e. The van der Waals surface area contributed by atoms with Crippen LogP contribution in [0.3, 0.4) is 0 Å². The molecule has 1 aliphatic rings. The maximum atomic E-state index is 11.3. The number of hydrogen-bond acceptors (Lipinski definition) is 6. The summed E-state index contributed by atoms with van der Waals surface area (Å²) in [6.07, 6.45) is 1.29. The summed E-state index contributed by atoms with van der Waals surface area (Å²) in [6.45, 7) is 15.3. The number of carboxylic acids is 1. The predicted octanol–water partition coefficient (Wildman–Crippen LogP) is 4.49. The summed E-state index contributed by atoms with van der Waals surface area (Å²) >= 11 is 1.20. The van der Waals surface area contributed by atoms with Gasteiger partial charge in [-0.25, -0.2) is 0 Å². The number of hydrogen-bond donors (Lipinski definition) is 4. The number of anilines is 1.